The smallest absolute Gasteiger partial charge is 0.322 e. The number of nitrogens with one attached hydrogen (secondary N) is 2. The van der Waals surface area contributed by atoms with E-state index in [0.29, 0.717) is 22.7 Å². The molecule has 1 fully saturated rings. The van der Waals surface area contributed by atoms with E-state index in [4.69, 9.17) is 16.3 Å². The molecule has 0 radical (unpaired) electrons. The van der Waals surface area contributed by atoms with E-state index in [-0.39, 0.29) is 18.3 Å². The molecule has 1 saturated heterocycles. The first-order valence-electron chi connectivity index (χ1n) is 10.4. The summed E-state index contributed by atoms with van der Waals surface area (Å²) >= 11 is 5.89. The van der Waals surface area contributed by atoms with Gasteiger partial charge < -0.3 is 24.8 Å². The minimum atomic E-state index is -0.811. The lowest BCUT2D eigenvalue weighted by atomic mass is 10.1. The van der Waals surface area contributed by atoms with Gasteiger partial charge in [0.2, 0.25) is 5.91 Å². The Morgan fingerprint density at radius 3 is 2.52 bits per heavy atom. The third-order valence-electron chi connectivity index (χ3n) is 5.72. The summed E-state index contributed by atoms with van der Waals surface area (Å²) in [6, 6.07) is 13.8. The minimum Gasteiger partial charge on any atom is -0.380 e. The Morgan fingerprint density at radius 1 is 1.12 bits per heavy atom. The molecule has 3 aromatic rings. The first-order valence-corrected chi connectivity index (χ1v) is 10.8. The van der Waals surface area contributed by atoms with Gasteiger partial charge in [-0.25, -0.2) is 9.18 Å². The molecular weight excluding hydrogens is 447 g/mol. The molecule has 1 aromatic heterocycles. The molecule has 2 N–H and O–H groups in total. The van der Waals surface area contributed by atoms with Crippen molar-refractivity contribution in [2.45, 2.75) is 18.6 Å². The van der Waals surface area contributed by atoms with Crippen molar-refractivity contribution in [2.24, 2.45) is 7.05 Å². The summed E-state index contributed by atoms with van der Waals surface area (Å²) in [5, 5.41) is 5.93. The van der Waals surface area contributed by atoms with Crippen molar-refractivity contribution in [3.8, 4) is 11.3 Å². The van der Waals surface area contributed by atoms with Gasteiger partial charge >= 0.3 is 6.03 Å². The monoisotopic (exact) mass is 470 g/mol. The topological polar surface area (TPSA) is 75.6 Å². The first kappa shape index (κ1) is 22.8. The van der Waals surface area contributed by atoms with E-state index in [1.807, 2.05) is 29.9 Å². The Balaban J connectivity index is 1.49. The number of anilines is 2. The van der Waals surface area contributed by atoms with Crippen LogP contribution in [0, 0.1) is 5.82 Å². The average molecular weight is 471 g/mol. The molecule has 1 aliphatic rings. The normalized spacial score (nSPS) is 17.8. The van der Waals surface area contributed by atoms with Crippen molar-refractivity contribution >= 4 is 34.9 Å². The zero-order valence-corrected chi connectivity index (χ0v) is 19.0. The number of carbonyl (C=O) groups is 2. The number of benzene rings is 2. The summed E-state index contributed by atoms with van der Waals surface area (Å²) in [5.74, 6) is -1.04. The highest BCUT2D eigenvalue weighted by atomic mass is 35.5. The summed E-state index contributed by atoms with van der Waals surface area (Å²) in [4.78, 5) is 27.3. The van der Waals surface area contributed by atoms with Crippen molar-refractivity contribution in [1.82, 2.24) is 9.47 Å². The molecule has 2 heterocycles. The third kappa shape index (κ3) is 5.02. The van der Waals surface area contributed by atoms with Crippen molar-refractivity contribution in [2.75, 3.05) is 24.3 Å². The van der Waals surface area contributed by atoms with Gasteiger partial charge in [-0.3, -0.25) is 4.79 Å². The molecule has 7 nitrogen and oxygen atoms in total. The highest BCUT2D eigenvalue weighted by Crippen LogP contribution is 2.27. The van der Waals surface area contributed by atoms with Crippen LogP contribution in [0.3, 0.4) is 0 Å². The SMILES string of the molecule is CO[C@@H]1C[C@H](C(=O)Nc2ccc(-c3cccn3C)cc2F)N(C(=O)Nc2ccc(Cl)cc2)C1. The van der Waals surface area contributed by atoms with Gasteiger partial charge in [0.1, 0.15) is 11.9 Å². The molecular formula is C24H24ClFN4O3. The standard InChI is InChI=1S/C24H24ClFN4O3/c1-29-11-3-4-21(29)15-5-10-20(19(26)12-15)28-23(31)22-13-18(33-2)14-30(22)24(32)27-17-8-6-16(25)7-9-17/h3-12,18,22H,13-14H2,1-2H3,(H,27,32)(H,28,31)/t18-,22-/m1/s1. The van der Waals surface area contributed by atoms with E-state index >= 15 is 0 Å². The molecule has 4 rings (SSSR count). The molecule has 172 valence electrons. The molecule has 0 unspecified atom stereocenters. The van der Waals surface area contributed by atoms with Crippen LogP contribution in [0.25, 0.3) is 11.3 Å². The maximum Gasteiger partial charge on any atom is 0.322 e. The first-order chi connectivity index (χ1) is 15.9. The second-order valence-corrected chi connectivity index (χ2v) is 8.32. The number of methoxy groups -OCH3 is 1. The number of aryl methyl sites for hydroxylation is 1. The number of rotatable bonds is 5. The summed E-state index contributed by atoms with van der Waals surface area (Å²) in [5.41, 5.74) is 2.15. The zero-order chi connectivity index (χ0) is 23.5. The summed E-state index contributed by atoms with van der Waals surface area (Å²) < 4.78 is 22.1. The van der Waals surface area contributed by atoms with E-state index in [1.54, 1.807) is 30.3 Å². The van der Waals surface area contributed by atoms with Gasteiger partial charge in [0.05, 0.1) is 11.8 Å². The quantitative estimate of drug-likeness (QED) is 0.565. The second-order valence-electron chi connectivity index (χ2n) is 7.89. The van der Waals surface area contributed by atoms with Gasteiger partial charge in [0, 0.05) is 55.3 Å². The van der Waals surface area contributed by atoms with Crippen LogP contribution in [-0.4, -0.2) is 47.2 Å². The fourth-order valence-electron chi connectivity index (χ4n) is 3.92. The van der Waals surface area contributed by atoms with Gasteiger partial charge in [0.15, 0.2) is 0 Å². The predicted octanol–water partition coefficient (Wildman–Crippen LogP) is 4.74. The molecule has 9 heteroatoms. The maximum absolute atomic E-state index is 14.8. The third-order valence-corrected chi connectivity index (χ3v) is 5.97. The Hall–Kier alpha value is -3.36. The average Bonchev–Trinajstić information content (AvgIpc) is 3.43. The van der Waals surface area contributed by atoms with Crippen molar-refractivity contribution in [3.05, 3.63) is 71.6 Å². The number of urea groups is 1. The minimum absolute atomic E-state index is 0.0527. The van der Waals surface area contributed by atoms with Crippen LogP contribution < -0.4 is 10.6 Å². The molecule has 3 amide bonds. The number of nitrogens with zero attached hydrogens (tertiary/aromatic N) is 2. The Labute approximate surface area is 196 Å². The fraction of sp³-hybridized carbons (Fsp3) is 0.250. The molecule has 1 aliphatic heterocycles. The Morgan fingerprint density at radius 2 is 1.88 bits per heavy atom. The molecule has 2 atom stereocenters. The predicted molar refractivity (Wildman–Crippen MR) is 126 cm³/mol. The molecule has 33 heavy (non-hydrogen) atoms. The van der Waals surface area contributed by atoms with Gasteiger partial charge in [-0.15, -0.1) is 0 Å². The molecule has 0 spiro atoms. The number of hydrogen-bond acceptors (Lipinski definition) is 3. The van der Waals surface area contributed by atoms with E-state index in [1.165, 1.54) is 24.1 Å². The molecule has 0 bridgehead atoms. The largest absolute Gasteiger partial charge is 0.380 e. The van der Waals surface area contributed by atoms with E-state index in [0.717, 1.165) is 5.69 Å². The Kier molecular flexibility index (Phi) is 6.67. The van der Waals surface area contributed by atoms with Crippen LogP contribution in [0.4, 0.5) is 20.6 Å². The van der Waals surface area contributed by atoms with Crippen LogP contribution in [0.1, 0.15) is 6.42 Å². The lowest BCUT2D eigenvalue weighted by Gasteiger charge is -2.24. The highest BCUT2D eigenvalue weighted by molar-refractivity contribution is 6.30. The zero-order valence-electron chi connectivity index (χ0n) is 18.2. The maximum atomic E-state index is 14.8. The molecule has 0 saturated carbocycles. The van der Waals surface area contributed by atoms with Crippen LogP contribution >= 0.6 is 11.6 Å². The summed E-state index contributed by atoms with van der Waals surface area (Å²) in [6.07, 6.45) is 1.87. The summed E-state index contributed by atoms with van der Waals surface area (Å²) in [7, 11) is 3.40. The fourth-order valence-corrected chi connectivity index (χ4v) is 4.05. The number of amides is 3. The number of aromatic nitrogens is 1. The number of hydrogen-bond donors (Lipinski definition) is 2. The Bertz CT molecular complexity index is 1160. The summed E-state index contributed by atoms with van der Waals surface area (Å²) in [6.45, 7) is 0.239. The van der Waals surface area contributed by atoms with E-state index in [9.17, 15) is 14.0 Å². The van der Waals surface area contributed by atoms with E-state index in [2.05, 4.69) is 10.6 Å². The highest BCUT2D eigenvalue weighted by Gasteiger charge is 2.40. The number of ether oxygens (including phenoxy) is 1. The molecule has 0 aliphatic carbocycles. The van der Waals surface area contributed by atoms with Gasteiger partial charge in [-0.2, -0.15) is 0 Å². The van der Waals surface area contributed by atoms with E-state index < -0.39 is 23.8 Å². The second kappa shape index (κ2) is 9.64. The number of likely N-dealkylation sites (tertiary alicyclic amines) is 1. The molecule has 2 aromatic carbocycles. The number of carbonyl (C=O) groups excluding carboxylic acids is 2. The van der Waals surface area contributed by atoms with Crippen LogP contribution in [-0.2, 0) is 16.6 Å². The van der Waals surface area contributed by atoms with Crippen molar-refractivity contribution in [3.63, 3.8) is 0 Å². The lowest BCUT2D eigenvalue weighted by molar-refractivity contribution is -0.119. The lowest BCUT2D eigenvalue weighted by Crippen LogP contribution is -2.45. The van der Waals surface area contributed by atoms with Gasteiger partial charge in [0.25, 0.3) is 0 Å². The van der Waals surface area contributed by atoms with Crippen molar-refractivity contribution in [1.29, 1.82) is 0 Å². The van der Waals surface area contributed by atoms with Crippen LogP contribution in [0.15, 0.2) is 60.8 Å². The van der Waals surface area contributed by atoms with Crippen LogP contribution in [0.5, 0.6) is 0 Å². The van der Waals surface area contributed by atoms with Gasteiger partial charge in [-0.05, 0) is 48.5 Å². The number of halogens is 2. The van der Waals surface area contributed by atoms with Crippen molar-refractivity contribution < 1.29 is 18.7 Å². The van der Waals surface area contributed by atoms with Gasteiger partial charge in [-0.1, -0.05) is 17.7 Å². The van der Waals surface area contributed by atoms with Crippen LogP contribution in [0.2, 0.25) is 5.02 Å².